The maximum atomic E-state index is 5.90. The highest BCUT2D eigenvalue weighted by molar-refractivity contribution is 7.47. The van der Waals surface area contributed by atoms with Crippen molar-refractivity contribution in [3.8, 4) is 0 Å². The molecule has 1 aliphatic rings. The molecule has 1 aliphatic carbocycles. The standard InChI is InChI=1S/C6H7Cl2Si/c1-9(7,8)6-4-2-3-5-6/h2-5H,1H3. The molecule has 49 valence electrons. The zero-order chi connectivity index (χ0) is 6.91. The van der Waals surface area contributed by atoms with Crippen LogP contribution in [0.2, 0.25) is 6.55 Å². The van der Waals surface area contributed by atoms with Crippen LogP contribution in [0.3, 0.4) is 0 Å². The molecule has 0 unspecified atom stereocenters. The Kier molecular flexibility index (Phi) is 2.47. The van der Waals surface area contributed by atoms with Crippen LogP contribution >= 0.6 is 22.2 Å². The Bertz CT molecular complexity index is 91.7. The van der Waals surface area contributed by atoms with Crippen molar-refractivity contribution >= 4 is 28.9 Å². The topological polar surface area (TPSA) is 0 Å². The minimum absolute atomic E-state index is 1.09. The van der Waals surface area contributed by atoms with Crippen molar-refractivity contribution in [2.45, 2.75) is 6.55 Å². The molecule has 1 rings (SSSR count). The first-order chi connectivity index (χ1) is 4.11. The molecule has 0 amide bonds. The second kappa shape index (κ2) is 2.81. The zero-order valence-corrected chi connectivity index (χ0v) is 7.58. The Hall–Kier alpha value is 0.797. The third kappa shape index (κ3) is 2.13. The van der Waals surface area contributed by atoms with Gasteiger partial charge in [-0.15, -0.1) is 22.2 Å². The van der Waals surface area contributed by atoms with Gasteiger partial charge in [0.15, 0.2) is 0 Å². The fourth-order valence-corrected chi connectivity index (χ4v) is 2.20. The molecule has 0 atom stereocenters. The number of hydrogen-bond donors (Lipinski definition) is 0. The van der Waals surface area contributed by atoms with Crippen molar-refractivity contribution in [3.63, 3.8) is 0 Å². The molecular weight excluding hydrogens is 171 g/mol. The Morgan fingerprint density at radius 2 is 1.67 bits per heavy atom. The van der Waals surface area contributed by atoms with E-state index in [0.717, 1.165) is 5.54 Å². The summed E-state index contributed by atoms with van der Waals surface area (Å²) in [5, 5.41) is 0. The molecule has 0 saturated heterocycles. The molecule has 1 fully saturated rings. The summed E-state index contributed by atoms with van der Waals surface area (Å²) in [6.07, 6.45) is 7.83. The summed E-state index contributed by atoms with van der Waals surface area (Å²) >= 11 is 11.8. The Labute approximate surface area is 67.0 Å². The highest BCUT2D eigenvalue weighted by Gasteiger charge is 2.36. The van der Waals surface area contributed by atoms with Gasteiger partial charge < -0.3 is 0 Å². The lowest BCUT2D eigenvalue weighted by Crippen LogP contribution is -2.23. The molecule has 0 nitrogen and oxygen atoms in total. The summed E-state index contributed by atoms with van der Waals surface area (Å²) in [7, 11) is 0. The minimum atomic E-state index is -2.04. The first-order valence-electron chi connectivity index (χ1n) is 2.71. The first-order valence-corrected chi connectivity index (χ1v) is 7.23. The molecule has 0 bridgehead atoms. The smallest absolute Gasteiger partial charge is 0.146 e. The van der Waals surface area contributed by atoms with Gasteiger partial charge >= 0.3 is 0 Å². The summed E-state index contributed by atoms with van der Waals surface area (Å²) in [5.41, 5.74) is 1.09. The van der Waals surface area contributed by atoms with Gasteiger partial charge in [-0.25, -0.2) is 0 Å². The SMILES string of the molecule is C[Si](Cl)(Cl)[C]1[CH][CH][CH][CH]1. The van der Waals surface area contributed by atoms with E-state index >= 15 is 0 Å². The molecular formula is C6H7Cl2Si. The summed E-state index contributed by atoms with van der Waals surface area (Å²) in [6.45, 7) is -0.142. The average Bonchev–Trinajstić information content (AvgIpc) is 2.08. The van der Waals surface area contributed by atoms with E-state index in [9.17, 15) is 0 Å². The number of rotatable bonds is 1. The quantitative estimate of drug-likeness (QED) is 0.427. The average molecular weight is 178 g/mol. The predicted molar refractivity (Wildman–Crippen MR) is 43.8 cm³/mol. The van der Waals surface area contributed by atoms with E-state index in [4.69, 9.17) is 22.2 Å². The second-order valence-electron chi connectivity index (χ2n) is 2.06. The first kappa shape index (κ1) is 7.90. The lowest BCUT2D eigenvalue weighted by Gasteiger charge is -2.16. The van der Waals surface area contributed by atoms with Gasteiger partial charge in [-0.2, -0.15) is 0 Å². The van der Waals surface area contributed by atoms with E-state index in [0.29, 0.717) is 0 Å². The van der Waals surface area contributed by atoms with Crippen LogP contribution in [0.5, 0.6) is 0 Å². The van der Waals surface area contributed by atoms with E-state index in [1.54, 1.807) is 0 Å². The van der Waals surface area contributed by atoms with Crippen LogP contribution in [-0.2, 0) is 0 Å². The van der Waals surface area contributed by atoms with E-state index in [-0.39, 0.29) is 0 Å². The Morgan fingerprint density at radius 3 is 1.89 bits per heavy atom. The van der Waals surface area contributed by atoms with Gasteiger partial charge in [0, 0.05) is 5.54 Å². The molecule has 5 radical (unpaired) electrons. The lowest BCUT2D eigenvalue weighted by molar-refractivity contribution is 1.48. The van der Waals surface area contributed by atoms with E-state index in [1.807, 2.05) is 32.2 Å². The van der Waals surface area contributed by atoms with Crippen LogP contribution in [0.4, 0.5) is 0 Å². The van der Waals surface area contributed by atoms with Crippen molar-refractivity contribution < 1.29 is 0 Å². The van der Waals surface area contributed by atoms with Crippen molar-refractivity contribution in [3.05, 3.63) is 31.2 Å². The lowest BCUT2D eigenvalue weighted by atomic mass is 10.4. The summed E-state index contributed by atoms with van der Waals surface area (Å²) < 4.78 is 0. The van der Waals surface area contributed by atoms with Gasteiger partial charge in [0.05, 0.1) is 0 Å². The van der Waals surface area contributed by atoms with E-state index in [1.165, 1.54) is 0 Å². The molecule has 0 spiro atoms. The second-order valence-corrected chi connectivity index (χ2v) is 9.53. The normalized spacial score (nSPS) is 23.0. The summed E-state index contributed by atoms with van der Waals surface area (Å²) in [4.78, 5) is 0. The highest BCUT2D eigenvalue weighted by atomic mass is 35.7. The van der Waals surface area contributed by atoms with E-state index in [2.05, 4.69) is 0 Å². The molecule has 0 aliphatic heterocycles. The Morgan fingerprint density at radius 1 is 1.22 bits per heavy atom. The van der Waals surface area contributed by atoms with Crippen LogP contribution in [0, 0.1) is 31.2 Å². The fraction of sp³-hybridized carbons (Fsp3) is 0.167. The third-order valence-corrected chi connectivity index (χ3v) is 3.83. The minimum Gasteiger partial charge on any atom is -0.146 e. The van der Waals surface area contributed by atoms with Crippen molar-refractivity contribution in [2.75, 3.05) is 0 Å². The van der Waals surface area contributed by atoms with Crippen molar-refractivity contribution in [1.82, 2.24) is 0 Å². The summed E-state index contributed by atoms with van der Waals surface area (Å²) in [6, 6.07) is 0. The largest absolute Gasteiger partial charge is 0.255 e. The molecule has 3 heteroatoms. The van der Waals surface area contributed by atoms with Crippen molar-refractivity contribution in [2.24, 2.45) is 0 Å². The van der Waals surface area contributed by atoms with Gasteiger partial charge in [0.1, 0.15) is 0 Å². The fourth-order valence-electron chi connectivity index (χ4n) is 0.667. The maximum Gasteiger partial charge on any atom is 0.255 e. The van der Waals surface area contributed by atoms with Crippen LogP contribution in [0.15, 0.2) is 0 Å². The summed E-state index contributed by atoms with van der Waals surface area (Å²) in [5.74, 6) is 0. The van der Waals surface area contributed by atoms with E-state index < -0.39 is 6.69 Å². The monoisotopic (exact) mass is 177 g/mol. The molecule has 0 aromatic rings. The maximum absolute atomic E-state index is 5.90. The molecule has 1 saturated carbocycles. The number of hydrogen-bond acceptors (Lipinski definition) is 0. The Balaban J connectivity index is 2.42. The van der Waals surface area contributed by atoms with Crippen LogP contribution < -0.4 is 0 Å². The van der Waals surface area contributed by atoms with Crippen molar-refractivity contribution in [1.29, 1.82) is 0 Å². The predicted octanol–water partition coefficient (Wildman–Crippen LogP) is 2.48. The molecule has 0 N–H and O–H groups in total. The van der Waals surface area contributed by atoms with Gasteiger partial charge in [-0.05, 0) is 32.2 Å². The third-order valence-electron chi connectivity index (χ3n) is 1.17. The highest BCUT2D eigenvalue weighted by Crippen LogP contribution is 2.36. The zero-order valence-electron chi connectivity index (χ0n) is 5.07. The van der Waals surface area contributed by atoms with Gasteiger partial charge in [-0.1, -0.05) is 0 Å². The number of halogens is 2. The molecule has 0 heterocycles. The van der Waals surface area contributed by atoms with Gasteiger partial charge in [-0.3, -0.25) is 0 Å². The van der Waals surface area contributed by atoms with Gasteiger partial charge in [0.2, 0.25) is 0 Å². The molecule has 0 aromatic carbocycles. The van der Waals surface area contributed by atoms with Gasteiger partial charge in [0.25, 0.3) is 6.69 Å². The van der Waals surface area contributed by atoms with Crippen LogP contribution in [0.1, 0.15) is 0 Å². The van der Waals surface area contributed by atoms with Crippen LogP contribution in [-0.4, -0.2) is 6.69 Å². The van der Waals surface area contributed by atoms with Crippen LogP contribution in [0.25, 0.3) is 0 Å². The molecule has 0 aromatic heterocycles. The molecule has 9 heavy (non-hydrogen) atoms.